The zero-order valence-electron chi connectivity index (χ0n) is 15.1. The van der Waals surface area contributed by atoms with E-state index in [0.717, 1.165) is 42.6 Å². The van der Waals surface area contributed by atoms with Crippen molar-refractivity contribution in [3.63, 3.8) is 0 Å². The summed E-state index contributed by atoms with van der Waals surface area (Å²) in [4.78, 5) is 4.15. The third kappa shape index (κ3) is 4.22. The lowest BCUT2D eigenvalue weighted by atomic mass is 10.2. The third-order valence-electron chi connectivity index (χ3n) is 4.99. The number of aliphatic hydroxyl groups excluding tert-OH is 1. The Hall–Kier alpha value is -1.17. The van der Waals surface area contributed by atoms with Crippen LogP contribution in [0.1, 0.15) is 39.3 Å². The first-order valence-electron chi connectivity index (χ1n) is 8.43. The highest BCUT2D eigenvalue weighted by atomic mass is 28.4. The van der Waals surface area contributed by atoms with Crippen LogP contribution in [0.3, 0.4) is 0 Å². The van der Waals surface area contributed by atoms with E-state index in [1.165, 1.54) is 0 Å². The molecule has 0 amide bonds. The first-order valence-corrected chi connectivity index (χ1v) is 11.3. The Kier molecular flexibility index (Phi) is 5.65. The zero-order chi connectivity index (χ0) is 17.1. The highest BCUT2D eigenvalue weighted by Crippen LogP contribution is 2.36. The van der Waals surface area contributed by atoms with E-state index in [4.69, 9.17) is 4.43 Å². The minimum absolute atomic E-state index is 0.0646. The maximum absolute atomic E-state index is 9.56. The van der Waals surface area contributed by atoms with Gasteiger partial charge < -0.3 is 14.1 Å². The Balaban J connectivity index is 1.90. The number of aromatic nitrogens is 2. The molecule has 0 saturated carbocycles. The summed E-state index contributed by atoms with van der Waals surface area (Å²) in [5.41, 5.74) is 2.10. The Labute approximate surface area is 140 Å². The van der Waals surface area contributed by atoms with E-state index in [1.54, 1.807) is 6.20 Å². The van der Waals surface area contributed by atoms with Crippen molar-refractivity contribution in [3.8, 4) is 0 Å². The van der Waals surface area contributed by atoms with Gasteiger partial charge in [-0.1, -0.05) is 20.8 Å². The lowest BCUT2D eigenvalue weighted by Crippen LogP contribution is -2.40. The van der Waals surface area contributed by atoms with Crippen molar-refractivity contribution in [2.24, 2.45) is 0 Å². The monoisotopic (exact) mass is 334 g/mol. The molecule has 2 rings (SSSR count). The Morgan fingerprint density at radius 2 is 2.00 bits per heavy atom. The van der Waals surface area contributed by atoms with Gasteiger partial charge in [0, 0.05) is 36.6 Å². The van der Waals surface area contributed by atoms with Crippen LogP contribution in [0, 0.1) is 0 Å². The van der Waals surface area contributed by atoms with Gasteiger partial charge in [-0.15, -0.1) is 18.1 Å². The van der Waals surface area contributed by atoms with Crippen LogP contribution in [0.25, 0.3) is 10.9 Å². The Morgan fingerprint density at radius 3 is 2.65 bits per heavy atom. The van der Waals surface area contributed by atoms with Crippen LogP contribution in [0.2, 0.25) is 18.1 Å². The minimum atomic E-state index is -1.64. The molecule has 23 heavy (non-hydrogen) atoms. The van der Waals surface area contributed by atoms with E-state index in [9.17, 15) is 5.11 Å². The number of aryl methyl sites for hydroxylation is 1. The van der Waals surface area contributed by atoms with Crippen molar-refractivity contribution in [1.82, 2.24) is 9.55 Å². The molecule has 2 aromatic rings. The molecule has 0 aromatic carbocycles. The van der Waals surface area contributed by atoms with Gasteiger partial charge in [-0.25, -0.2) is 0 Å². The summed E-state index contributed by atoms with van der Waals surface area (Å²) in [5, 5.41) is 10.9. The second kappa shape index (κ2) is 7.15. The molecule has 5 heteroatoms. The molecule has 2 heterocycles. The second-order valence-electron chi connectivity index (χ2n) is 7.70. The summed E-state index contributed by atoms with van der Waals surface area (Å²) < 4.78 is 8.43. The van der Waals surface area contributed by atoms with E-state index in [1.807, 2.05) is 18.3 Å². The first-order chi connectivity index (χ1) is 10.8. The molecule has 4 nitrogen and oxygen atoms in total. The summed E-state index contributed by atoms with van der Waals surface area (Å²) in [7, 11) is -1.64. The lowest BCUT2D eigenvalue weighted by molar-refractivity contribution is 0.265. The Morgan fingerprint density at radius 1 is 1.26 bits per heavy atom. The standard InChI is InChI=1S/C18H30N2O2Si/c1-18(2,3)23(4,5)22-11-7-6-10-20-16(14-21)12-15-13-19-9-8-17(15)20/h8-9,12-13,21H,6-7,10-11,14H2,1-5H3/q-1. The SMILES string of the molecule is CC(C)(C)[Si-](C)(C)OCCCCn1c(CO)cc2cnccc21. The molecule has 1 N–H and O–H groups in total. The van der Waals surface area contributed by atoms with Crippen molar-refractivity contribution in [3.05, 3.63) is 30.2 Å². The van der Waals surface area contributed by atoms with Crippen molar-refractivity contribution in [2.75, 3.05) is 6.61 Å². The smallest absolute Gasteiger partial charge is 0.0833 e. The molecule has 0 fully saturated rings. The van der Waals surface area contributed by atoms with Gasteiger partial charge in [-0.3, -0.25) is 4.98 Å². The van der Waals surface area contributed by atoms with E-state index < -0.39 is 8.32 Å². The molecular formula is C18H30N2O2Si-. The number of hydrogen-bond acceptors (Lipinski definition) is 3. The predicted octanol–water partition coefficient (Wildman–Crippen LogP) is 4.33. The summed E-state index contributed by atoms with van der Waals surface area (Å²) in [6.07, 6.45) is 5.75. The van der Waals surface area contributed by atoms with Crippen molar-refractivity contribution < 1.29 is 9.53 Å². The van der Waals surface area contributed by atoms with Crippen molar-refractivity contribution >= 4 is 19.2 Å². The molecule has 0 atom stereocenters. The number of hydrogen-bond donors (Lipinski definition) is 1. The average molecular weight is 335 g/mol. The van der Waals surface area contributed by atoms with E-state index in [0.29, 0.717) is 0 Å². The van der Waals surface area contributed by atoms with Gasteiger partial charge in [0.25, 0.3) is 0 Å². The normalized spacial score (nSPS) is 13.0. The quantitative estimate of drug-likeness (QED) is 0.605. The fourth-order valence-electron chi connectivity index (χ4n) is 2.48. The maximum Gasteiger partial charge on any atom is 0.0833 e. The molecule has 0 unspecified atom stereocenters. The minimum Gasteiger partial charge on any atom is -0.565 e. The van der Waals surface area contributed by atoms with Crippen molar-refractivity contribution in [2.45, 2.75) is 64.9 Å². The van der Waals surface area contributed by atoms with Crippen LogP contribution in [0.15, 0.2) is 24.5 Å². The molecule has 129 valence electrons. The summed E-state index contributed by atoms with van der Waals surface area (Å²) in [6.45, 7) is 13.2. The number of rotatable bonds is 7. The van der Waals surface area contributed by atoms with Gasteiger partial charge in [0.1, 0.15) is 0 Å². The summed E-state index contributed by atoms with van der Waals surface area (Å²) >= 11 is 0. The third-order valence-corrected chi connectivity index (χ3v) is 9.53. The van der Waals surface area contributed by atoms with Gasteiger partial charge in [0.2, 0.25) is 0 Å². The number of pyridine rings is 1. The van der Waals surface area contributed by atoms with Crippen LogP contribution in [-0.4, -0.2) is 29.6 Å². The average Bonchev–Trinajstić information content (AvgIpc) is 2.83. The number of aliphatic hydroxyl groups is 1. The predicted molar refractivity (Wildman–Crippen MR) is 98.0 cm³/mol. The van der Waals surface area contributed by atoms with Gasteiger partial charge in [-0.2, -0.15) is 0 Å². The fraction of sp³-hybridized carbons (Fsp3) is 0.611. The summed E-state index contributed by atoms with van der Waals surface area (Å²) in [5.74, 6) is 0. The molecule has 0 bridgehead atoms. The largest absolute Gasteiger partial charge is 0.565 e. The molecule has 0 aliphatic rings. The molecule has 0 aliphatic heterocycles. The van der Waals surface area contributed by atoms with E-state index >= 15 is 0 Å². The fourth-order valence-corrected chi connectivity index (χ4v) is 3.57. The maximum atomic E-state index is 9.56. The van der Waals surface area contributed by atoms with E-state index in [2.05, 4.69) is 43.4 Å². The van der Waals surface area contributed by atoms with Gasteiger partial charge in [0.05, 0.1) is 12.1 Å². The van der Waals surface area contributed by atoms with Crippen LogP contribution in [0.4, 0.5) is 0 Å². The molecule has 2 aromatic heterocycles. The van der Waals surface area contributed by atoms with Crippen molar-refractivity contribution in [1.29, 1.82) is 0 Å². The first kappa shape index (κ1) is 18.2. The molecule has 0 spiro atoms. The highest BCUT2D eigenvalue weighted by Gasteiger charge is 2.24. The summed E-state index contributed by atoms with van der Waals surface area (Å²) in [6, 6.07) is 4.04. The van der Waals surface area contributed by atoms with Gasteiger partial charge >= 0.3 is 0 Å². The zero-order valence-corrected chi connectivity index (χ0v) is 16.1. The number of unbranched alkanes of at least 4 members (excludes halogenated alkanes) is 1. The van der Waals surface area contributed by atoms with Crippen LogP contribution in [-0.2, 0) is 17.6 Å². The Bertz CT molecular complexity index is 644. The molecule has 0 aliphatic carbocycles. The molecular weight excluding hydrogens is 304 g/mol. The van der Waals surface area contributed by atoms with Gasteiger partial charge in [-0.05, 0) is 33.3 Å². The number of nitrogens with zero attached hydrogens (tertiary/aromatic N) is 2. The number of fused-ring (bicyclic) bond motifs is 1. The topological polar surface area (TPSA) is 47.3 Å². The molecule has 0 radical (unpaired) electrons. The van der Waals surface area contributed by atoms with Crippen LogP contribution < -0.4 is 0 Å². The van der Waals surface area contributed by atoms with E-state index in [-0.39, 0.29) is 11.6 Å². The molecule has 0 saturated heterocycles. The van der Waals surface area contributed by atoms with Gasteiger partial charge in [0.15, 0.2) is 0 Å². The lowest BCUT2D eigenvalue weighted by Gasteiger charge is -2.48. The van der Waals surface area contributed by atoms with Crippen LogP contribution >= 0.6 is 0 Å². The highest BCUT2D eigenvalue weighted by molar-refractivity contribution is 6.74. The van der Waals surface area contributed by atoms with Crippen LogP contribution in [0.5, 0.6) is 0 Å². The second-order valence-corrected chi connectivity index (χ2v) is 12.5.